The lowest BCUT2D eigenvalue weighted by Gasteiger charge is -2.32. The van der Waals surface area contributed by atoms with Crippen LogP contribution in [-0.2, 0) is 13.1 Å². The number of hydrogen-bond donors (Lipinski definition) is 1. The molecule has 0 spiro atoms. The van der Waals surface area contributed by atoms with Gasteiger partial charge >= 0.3 is 0 Å². The Kier molecular flexibility index (Phi) is 5.47. The molecule has 0 radical (unpaired) electrons. The van der Waals surface area contributed by atoms with E-state index < -0.39 is 0 Å². The van der Waals surface area contributed by atoms with Crippen molar-refractivity contribution in [3.63, 3.8) is 0 Å². The molecule has 0 aromatic carbocycles. The molecular weight excluding hydrogens is 266 g/mol. The van der Waals surface area contributed by atoms with Gasteiger partial charge in [-0.2, -0.15) is 11.8 Å². The minimum absolute atomic E-state index is 0.152. The van der Waals surface area contributed by atoms with E-state index in [-0.39, 0.29) is 5.54 Å². The van der Waals surface area contributed by atoms with Crippen molar-refractivity contribution in [2.45, 2.75) is 52.4 Å². The van der Waals surface area contributed by atoms with Gasteiger partial charge in [-0.25, -0.2) is 0 Å². The topological polar surface area (TPSA) is 28.2 Å². The Hall–Kier alpha value is -0.580. The van der Waals surface area contributed by atoms with Gasteiger partial charge in [0.1, 0.15) is 0 Å². The Labute approximate surface area is 127 Å². The molecule has 0 bridgehead atoms. The Bertz CT molecular complexity index is 411. The largest absolute Gasteiger partial charge is 0.308 e. The van der Waals surface area contributed by atoms with Crippen molar-refractivity contribution in [3.05, 3.63) is 29.6 Å². The van der Waals surface area contributed by atoms with Crippen LogP contribution in [0.25, 0.3) is 0 Å². The van der Waals surface area contributed by atoms with Crippen molar-refractivity contribution in [1.29, 1.82) is 0 Å². The maximum Gasteiger partial charge on any atom is 0.0544 e. The zero-order valence-corrected chi connectivity index (χ0v) is 14.0. The molecule has 1 aliphatic rings. The second-order valence-corrected chi connectivity index (χ2v) is 7.81. The summed E-state index contributed by atoms with van der Waals surface area (Å²) in [4.78, 5) is 7.15. The van der Waals surface area contributed by atoms with Crippen LogP contribution < -0.4 is 5.32 Å². The SMILES string of the molecule is CC1CSCCN1Cc1ccc(CNC(C)(C)C)cn1. The summed E-state index contributed by atoms with van der Waals surface area (Å²) in [5, 5.41) is 3.49. The molecule has 0 saturated carbocycles. The predicted molar refractivity (Wildman–Crippen MR) is 88.0 cm³/mol. The first-order chi connectivity index (χ1) is 9.44. The van der Waals surface area contributed by atoms with Crippen LogP contribution in [0.3, 0.4) is 0 Å². The molecule has 3 nitrogen and oxygen atoms in total. The predicted octanol–water partition coefficient (Wildman–Crippen LogP) is 2.91. The summed E-state index contributed by atoms with van der Waals surface area (Å²) >= 11 is 2.06. The van der Waals surface area contributed by atoms with Crippen LogP contribution >= 0.6 is 11.8 Å². The van der Waals surface area contributed by atoms with Crippen molar-refractivity contribution in [1.82, 2.24) is 15.2 Å². The smallest absolute Gasteiger partial charge is 0.0544 e. The Morgan fingerprint density at radius 2 is 2.20 bits per heavy atom. The average Bonchev–Trinajstić information content (AvgIpc) is 2.40. The minimum Gasteiger partial charge on any atom is -0.308 e. The Morgan fingerprint density at radius 1 is 1.40 bits per heavy atom. The van der Waals surface area contributed by atoms with Crippen molar-refractivity contribution < 1.29 is 0 Å². The molecule has 2 heterocycles. The fourth-order valence-corrected chi connectivity index (χ4v) is 3.31. The number of rotatable bonds is 4. The number of thioether (sulfide) groups is 1. The summed E-state index contributed by atoms with van der Waals surface area (Å²) < 4.78 is 0. The van der Waals surface area contributed by atoms with Crippen LogP contribution in [0.15, 0.2) is 18.3 Å². The summed E-state index contributed by atoms with van der Waals surface area (Å²) in [6, 6.07) is 5.04. The molecule has 1 fully saturated rings. The van der Waals surface area contributed by atoms with Gasteiger partial charge < -0.3 is 5.32 Å². The first-order valence-electron chi connectivity index (χ1n) is 7.45. The van der Waals surface area contributed by atoms with E-state index in [2.05, 4.69) is 66.8 Å². The summed E-state index contributed by atoms with van der Waals surface area (Å²) in [6.07, 6.45) is 2.01. The minimum atomic E-state index is 0.152. The lowest BCUT2D eigenvalue weighted by Crippen LogP contribution is -2.39. The van der Waals surface area contributed by atoms with Gasteiger partial charge in [0.2, 0.25) is 0 Å². The Morgan fingerprint density at radius 3 is 2.80 bits per heavy atom. The van der Waals surface area contributed by atoms with E-state index in [1.807, 2.05) is 6.20 Å². The highest BCUT2D eigenvalue weighted by Gasteiger charge is 2.18. The van der Waals surface area contributed by atoms with E-state index in [0.29, 0.717) is 6.04 Å². The molecule has 0 aliphatic carbocycles. The quantitative estimate of drug-likeness (QED) is 0.924. The van der Waals surface area contributed by atoms with Gasteiger partial charge in [-0.15, -0.1) is 0 Å². The normalized spacial score (nSPS) is 21.1. The zero-order valence-electron chi connectivity index (χ0n) is 13.1. The van der Waals surface area contributed by atoms with Crippen LogP contribution in [0, 0.1) is 0 Å². The van der Waals surface area contributed by atoms with Crippen molar-refractivity contribution in [3.8, 4) is 0 Å². The standard InChI is InChI=1S/C16H27N3S/c1-13-12-20-8-7-19(13)11-15-6-5-14(9-17-15)10-18-16(2,3)4/h5-6,9,13,18H,7-8,10-12H2,1-4H3. The highest BCUT2D eigenvalue weighted by molar-refractivity contribution is 7.99. The molecule has 1 N–H and O–H groups in total. The number of aromatic nitrogens is 1. The maximum absolute atomic E-state index is 4.62. The summed E-state index contributed by atoms with van der Waals surface area (Å²) in [5.74, 6) is 2.49. The van der Waals surface area contributed by atoms with Gasteiger partial charge in [0.05, 0.1) is 5.69 Å². The second-order valence-electron chi connectivity index (χ2n) is 6.66. The first kappa shape index (κ1) is 15.8. The van der Waals surface area contributed by atoms with E-state index in [4.69, 9.17) is 0 Å². The van der Waals surface area contributed by atoms with Crippen LogP contribution in [0.2, 0.25) is 0 Å². The molecule has 1 saturated heterocycles. The molecule has 1 unspecified atom stereocenters. The van der Waals surface area contributed by atoms with E-state index in [1.165, 1.54) is 29.3 Å². The third kappa shape index (κ3) is 5.08. The van der Waals surface area contributed by atoms with Crippen molar-refractivity contribution in [2.24, 2.45) is 0 Å². The van der Waals surface area contributed by atoms with Crippen molar-refractivity contribution >= 4 is 11.8 Å². The molecule has 112 valence electrons. The van der Waals surface area contributed by atoms with Crippen molar-refractivity contribution in [2.75, 3.05) is 18.1 Å². The van der Waals surface area contributed by atoms with Crippen LogP contribution in [0.4, 0.5) is 0 Å². The molecular formula is C16H27N3S. The lowest BCUT2D eigenvalue weighted by atomic mass is 10.1. The zero-order chi connectivity index (χ0) is 14.6. The van der Waals surface area contributed by atoms with Gasteiger partial charge in [-0.05, 0) is 39.3 Å². The van der Waals surface area contributed by atoms with E-state index >= 15 is 0 Å². The number of pyridine rings is 1. The molecule has 1 aromatic rings. The van der Waals surface area contributed by atoms with E-state index in [1.54, 1.807) is 0 Å². The van der Waals surface area contributed by atoms with Gasteiger partial charge in [-0.1, -0.05) is 6.07 Å². The highest BCUT2D eigenvalue weighted by atomic mass is 32.2. The van der Waals surface area contributed by atoms with E-state index in [0.717, 1.165) is 13.1 Å². The monoisotopic (exact) mass is 293 g/mol. The highest BCUT2D eigenvalue weighted by Crippen LogP contribution is 2.18. The molecule has 2 rings (SSSR count). The first-order valence-corrected chi connectivity index (χ1v) is 8.60. The summed E-state index contributed by atoms with van der Waals surface area (Å²) in [7, 11) is 0. The third-order valence-corrected chi connectivity index (χ3v) is 4.77. The third-order valence-electron chi connectivity index (χ3n) is 3.58. The van der Waals surface area contributed by atoms with Gasteiger partial charge in [0, 0.05) is 48.9 Å². The second kappa shape index (κ2) is 6.92. The fraction of sp³-hybridized carbons (Fsp3) is 0.688. The van der Waals surface area contributed by atoms with Crippen LogP contribution in [0.1, 0.15) is 39.0 Å². The number of nitrogens with zero attached hydrogens (tertiary/aromatic N) is 2. The molecule has 1 aliphatic heterocycles. The number of nitrogens with one attached hydrogen (secondary N) is 1. The molecule has 1 aromatic heterocycles. The summed E-state index contributed by atoms with van der Waals surface area (Å²) in [6.45, 7) is 11.9. The van der Waals surface area contributed by atoms with Gasteiger partial charge in [0.15, 0.2) is 0 Å². The Balaban J connectivity index is 1.88. The van der Waals surface area contributed by atoms with Gasteiger partial charge in [-0.3, -0.25) is 9.88 Å². The maximum atomic E-state index is 4.62. The average molecular weight is 293 g/mol. The van der Waals surface area contributed by atoms with E-state index in [9.17, 15) is 0 Å². The van der Waals surface area contributed by atoms with Crippen LogP contribution in [0.5, 0.6) is 0 Å². The lowest BCUT2D eigenvalue weighted by molar-refractivity contribution is 0.221. The number of hydrogen-bond acceptors (Lipinski definition) is 4. The van der Waals surface area contributed by atoms with Gasteiger partial charge in [0.25, 0.3) is 0 Å². The summed E-state index contributed by atoms with van der Waals surface area (Å²) in [5.41, 5.74) is 2.59. The fourth-order valence-electron chi connectivity index (χ4n) is 2.22. The molecule has 20 heavy (non-hydrogen) atoms. The molecule has 1 atom stereocenters. The molecule has 4 heteroatoms. The van der Waals surface area contributed by atoms with Crippen LogP contribution in [-0.4, -0.2) is 39.5 Å². The molecule has 0 amide bonds.